The van der Waals surface area contributed by atoms with Crippen LogP contribution in [0, 0.1) is 11.8 Å². The van der Waals surface area contributed by atoms with Gasteiger partial charge in [-0.05, 0) is 64.6 Å². The number of fused-ring (bicyclic) bond motifs is 1. The Balaban J connectivity index is 1.45. The molecule has 0 bridgehead atoms. The Hall–Kier alpha value is -3.27. The molecule has 3 aliphatic rings. The van der Waals surface area contributed by atoms with Crippen LogP contribution in [0.5, 0.6) is 0 Å². The van der Waals surface area contributed by atoms with Gasteiger partial charge in [0.25, 0.3) is 0 Å². The van der Waals surface area contributed by atoms with Crippen LogP contribution < -0.4 is 15.5 Å². The Bertz CT molecular complexity index is 1180. The minimum absolute atomic E-state index is 0.0446. The molecule has 2 aromatic heterocycles. The Morgan fingerprint density at radius 2 is 2.06 bits per heavy atom. The molecule has 0 saturated carbocycles. The van der Waals surface area contributed by atoms with E-state index >= 15 is 0 Å². The van der Waals surface area contributed by atoms with Crippen molar-refractivity contribution >= 4 is 35.1 Å². The van der Waals surface area contributed by atoms with Crippen LogP contribution in [0.15, 0.2) is 35.7 Å². The number of aliphatic imine (C=N–C) groups is 1. The van der Waals surface area contributed by atoms with Crippen molar-refractivity contribution in [2.24, 2.45) is 16.8 Å². The van der Waals surface area contributed by atoms with Gasteiger partial charge in [0.1, 0.15) is 0 Å². The molecule has 10 heteroatoms. The molecule has 0 spiro atoms. The van der Waals surface area contributed by atoms with Crippen molar-refractivity contribution in [3.8, 4) is 0 Å². The van der Waals surface area contributed by atoms with Crippen molar-refractivity contribution in [2.45, 2.75) is 45.2 Å². The van der Waals surface area contributed by atoms with Crippen molar-refractivity contribution in [2.75, 3.05) is 50.0 Å². The molecule has 1 amide bonds. The first-order valence-electron chi connectivity index (χ1n) is 13.0. The standard InChI is InChI=1S/C26H37N9O/c1-5-22(36)29-20-8-11-34(15-20)26-31-24(23-25(32-26)35(16-28-23)17(2)3)30-21-12-18(6-9-27-13-21)19-7-10-33(4)14-19/h5,12-13,16-20H,1,6-11,14-15H2,2-4H3,(H,29,36)(H,30,31,32)/t18?,19?,20-/m0/s1. The predicted molar refractivity (Wildman–Crippen MR) is 143 cm³/mol. The fourth-order valence-corrected chi connectivity index (χ4v) is 5.48. The largest absolute Gasteiger partial charge is 0.348 e. The van der Waals surface area contributed by atoms with E-state index in [1.54, 1.807) is 0 Å². The van der Waals surface area contributed by atoms with Gasteiger partial charge in [-0.25, -0.2) is 4.98 Å². The van der Waals surface area contributed by atoms with Gasteiger partial charge >= 0.3 is 0 Å². The Morgan fingerprint density at radius 3 is 2.81 bits per heavy atom. The van der Waals surface area contributed by atoms with Gasteiger partial charge in [-0.1, -0.05) is 12.7 Å². The summed E-state index contributed by atoms with van der Waals surface area (Å²) < 4.78 is 2.07. The number of anilines is 2. The van der Waals surface area contributed by atoms with Crippen LogP contribution in [0.4, 0.5) is 11.8 Å². The molecule has 36 heavy (non-hydrogen) atoms. The Kier molecular flexibility index (Phi) is 7.04. The fourth-order valence-electron chi connectivity index (χ4n) is 5.48. The third-order valence-corrected chi connectivity index (χ3v) is 7.48. The zero-order valence-corrected chi connectivity index (χ0v) is 21.5. The van der Waals surface area contributed by atoms with Gasteiger partial charge in [0.05, 0.1) is 12.0 Å². The highest BCUT2D eigenvalue weighted by Gasteiger charge is 2.29. The summed E-state index contributed by atoms with van der Waals surface area (Å²) in [7, 11) is 2.20. The summed E-state index contributed by atoms with van der Waals surface area (Å²) in [6.07, 6.45) is 10.5. The molecule has 10 nitrogen and oxygen atoms in total. The molecule has 0 aliphatic carbocycles. The Labute approximate surface area is 212 Å². The first-order valence-corrected chi connectivity index (χ1v) is 13.0. The predicted octanol–water partition coefficient (Wildman–Crippen LogP) is 2.63. The highest BCUT2D eigenvalue weighted by molar-refractivity contribution is 5.90. The second-order valence-corrected chi connectivity index (χ2v) is 10.5. The van der Waals surface area contributed by atoms with Crippen LogP contribution in [0.25, 0.3) is 11.2 Å². The number of carbonyl (C=O) groups excluding carboxylic acids is 1. The van der Waals surface area contributed by atoms with E-state index in [0.717, 1.165) is 55.9 Å². The number of likely N-dealkylation sites (tertiary alicyclic amines) is 1. The number of rotatable bonds is 7. The second-order valence-electron chi connectivity index (χ2n) is 10.5. The van der Waals surface area contributed by atoms with Crippen LogP contribution in [-0.4, -0.2) is 82.4 Å². The molecule has 5 heterocycles. The number of nitrogens with zero attached hydrogens (tertiary/aromatic N) is 7. The van der Waals surface area contributed by atoms with Crippen LogP contribution in [0.1, 0.15) is 39.2 Å². The fraction of sp³-hybridized carbons (Fsp3) is 0.577. The zero-order valence-electron chi connectivity index (χ0n) is 21.5. The number of hydrogen-bond donors (Lipinski definition) is 2. The topological polar surface area (TPSA) is 104 Å². The number of aromatic nitrogens is 4. The lowest BCUT2D eigenvalue weighted by Crippen LogP contribution is -2.36. The van der Waals surface area contributed by atoms with E-state index in [4.69, 9.17) is 9.97 Å². The smallest absolute Gasteiger partial charge is 0.243 e. The van der Waals surface area contributed by atoms with Gasteiger partial charge in [-0.15, -0.1) is 0 Å². The normalized spacial score (nSPS) is 24.8. The Morgan fingerprint density at radius 1 is 1.19 bits per heavy atom. The maximum absolute atomic E-state index is 11.8. The van der Waals surface area contributed by atoms with Crippen LogP contribution >= 0.6 is 0 Å². The maximum atomic E-state index is 11.8. The molecule has 2 fully saturated rings. The third kappa shape index (κ3) is 5.13. The molecule has 2 aromatic rings. The number of allylic oxidation sites excluding steroid dienone is 2. The van der Waals surface area contributed by atoms with E-state index in [2.05, 4.69) is 68.5 Å². The van der Waals surface area contributed by atoms with Gasteiger partial charge in [0.15, 0.2) is 17.0 Å². The average molecular weight is 492 g/mol. The molecule has 0 radical (unpaired) electrons. The number of nitrogens with one attached hydrogen (secondary N) is 2. The van der Waals surface area contributed by atoms with Crippen LogP contribution in [0.3, 0.4) is 0 Å². The number of hydrogen-bond acceptors (Lipinski definition) is 8. The summed E-state index contributed by atoms with van der Waals surface area (Å²) in [5.74, 6) is 2.32. The minimum atomic E-state index is -0.152. The molecule has 2 unspecified atom stereocenters. The van der Waals surface area contributed by atoms with Gasteiger partial charge < -0.3 is 25.0 Å². The summed E-state index contributed by atoms with van der Waals surface area (Å²) >= 11 is 0. The van der Waals surface area contributed by atoms with Crippen molar-refractivity contribution in [1.82, 2.24) is 29.7 Å². The van der Waals surface area contributed by atoms with E-state index in [9.17, 15) is 4.79 Å². The van der Waals surface area contributed by atoms with E-state index in [1.807, 2.05) is 12.5 Å². The lowest BCUT2D eigenvalue weighted by molar-refractivity contribution is -0.117. The van der Waals surface area contributed by atoms with Crippen molar-refractivity contribution in [1.29, 1.82) is 0 Å². The molecule has 3 aliphatic heterocycles. The summed E-state index contributed by atoms with van der Waals surface area (Å²) in [6, 6.07) is 0.259. The highest BCUT2D eigenvalue weighted by atomic mass is 16.1. The maximum Gasteiger partial charge on any atom is 0.243 e. The van der Waals surface area contributed by atoms with Gasteiger partial charge in [-0.3, -0.25) is 9.79 Å². The first-order chi connectivity index (χ1) is 17.4. The molecule has 5 rings (SSSR count). The monoisotopic (exact) mass is 491 g/mol. The van der Waals surface area contributed by atoms with Crippen molar-refractivity contribution in [3.05, 3.63) is 30.8 Å². The second kappa shape index (κ2) is 10.4. The van der Waals surface area contributed by atoms with Crippen molar-refractivity contribution < 1.29 is 4.79 Å². The number of amides is 1. The molecular formula is C26H37N9O. The van der Waals surface area contributed by atoms with E-state index in [0.29, 0.717) is 30.1 Å². The molecule has 192 valence electrons. The van der Waals surface area contributed by atoms with Gasteiger partial charge in [0.2, 0.25) is 11.9 Å². The molecule has 2 N–H and O–H groups in total. The molecule has 3 atom stereocenters. The quantitative estimate of drug-likeness (QED) is 0.574. The summed E-state index contributed by atoms with van der Waals surface area (Å²) in [4.78, 5) is 35.5. The van der Waals surface area contributed by atoms with E-state index in [-0.39, 0.29) is 18.0 Å². The van der Waals surface area contributed by atoms with Gasteiger partial charge in [0, 0.05) is 44.5 Å². The minimum Gasteiger partial charge on any atom is -0.348 e. The van der Waals surface area contributed by atoms with Gasteiger partial charge in [-0.2, -0.15) is 9.97 Å². The third-order valence-electron chi connectivity index (χ3n) is 7.48. The van der Waals surface area contributed by atoms with Crippen LogP contribution in [-0.2, 0) is 4.79 Å². The molecule has 2 saturated heterocycles. The number of imidazole rings is 1. The zero-order chi connectivity index (χ0) is 25.2. The molecular weight excluding hydrogens is 454 g/mol. The summed E-state index contributed by atoms with van der Waals surface area (Å²) in [5, 5.41) is 6.55. The lowest BCUT2D eigenvalue weighted by atomic mass is 9.88. The lowest BCUT2D eigenvalue weighted by Gasteiger charge is -2.20. The van der Waals surface area contributed by atoms with E-state index in [1.165, 1.54) is 12.5 Å². The van der Waals surface area contributed by atoms with E-state index < -0.39 is 0 Å². The highest BCUT2D eigenvalue weighted by Crippen LogP contribution is 2.31. The summed E-state index contributed by atoms with van der Waals surface area (Å²) in [5.41, 5.74) is 2.52. The summed E-state index contributed by atoms with van der Waals surface area (Å²) in [6.45, 7) is 12.3. The first kappa shape index (κ1) is 24.4. The van der Waals surface area contributed by atoms with Crippen LogP contribution in [0.2, 0.25) is 0 Å². The SMILES string of the molecule is C=CC(=O)N[C@H]1CCN(c2nc(NC3=CC(C4CCN(C)C4)CCN=C3)c3ncn(C(C)C)c3n2)C1. The molecule has 0 aromatic carbocycles. The average Bonchev–Trinajstić information content (AvgIpc) is 3.57. The van der Waals surface area contributed by atoms with Crippen molar-refractivity contribution in [3.63, 3.8) is 0 Å². The number of carbonyl (C=O) groups is 1.